The Morgan fingerprint density at radius 2 is 1.65 bits per heavy atom. The molecule has 1 amide bonds. The highest BCUT2D eigenvalue weighted by molar-refractivity contribution is 6.00. The standard InChI is InChI=1S/C19H24N2O5/c1-25-18(23)13-16(19(24)26-2)12-17(22)21-10-8-20(9-11-21)14-15-6-4-3-5-7-15/h3-7,13H,8-12,14H2,1-2H3/b16-13+. The summed E-state index contributed by atoms with van der Waals surface area (Å²) in [7, 11) is 2.42. The van der Waals surface area contributed by atoms with E-state index in [0.29, 0.717) is 13.1 Å². The molecule has 1 aliphatic heterocycles. The maximum Gasteiger partial charge on any atom is 0.334 e. The van der Waals surface area contributed by atoms with Gasteiger partial charge in [-0.3, -0.25) is 9.69 Å². The fourth-order valence-electron chi connectivity index (χ4n) is 2.79. The van der Waals surface area contributed by atoms with Crippen LogP contribution in [0.5, 0.6) is 0 Å². The number of carbonyl (C=O) groups is 3. The van der Waals surface area contributed by atoms with Crippen molar-refractivity contribution in [2.75, 3.05) is 40.4 Å². The van der Waals surface area contributed by atoms with E-state index in [1.807, 2.05) is 18.2 Å². The van der Waals surface area contributed by atoms with Gasteiger partial charge in [-0.25, -0.2) is 9.59 Å². The van der Waals surface area contributed by atoms with Crippen molar-refractivity contribution in [3.63, 3.8) is 0 Å². The number of amides is 1. The van der Waals surface area contributed by atoms with Crippen LogP contribution in [-0.2, 0) is 30.4 Å². The molecule has 2 rings (SSSR count). The number of hydrogen-bond acceptors (Lipinski definition) is 6. The van der Waals surface area contributed by atoms with E-state index in [9.17, 15) is 14.4 Å². The Kier molecular flexibility index (Phi) is 7.35. The second kappa shape index (κ2) is 9.72. The van der Waals surface area contributed by atoms with E-state index in [1.165, 1.54) is 19.8 Å². The molecular formula is C19H24N2O5. The first-order chi connectivity index (χ1) is 12.5. The lowest BCUT2D eigenvalue weighted by Crippen LogP contribution is -2.48. The van der Waals surface area contributed by atoms with Crippen molar-refractivity contribution in [2.24, 2.45) is 0 Å². The van der Waals surface area contributed by atoms with E-state index in [4.69, 9.17) is 0 Å². The minimum Gasteiger partial charge on any atom is -0.466 e. The molecule has 0 unspecified atom stereocenters. The number of benzene rings is 1. The second-order valence-corrected chi connectivity index (χ2v) is 6.00. The molecule has 0 aromatic heterocycles. The Balaban J connectivity index is 1.89. The minimum absolute atomic E-state index is 0.00364. The van der Waals surface area contributed by atoms with Crippen LogP contribution in [-0.4, -0.2) is 68.0 Å². The predicted molar refractivity (Wildman–Crippen MR) is 95.0 cm³/mol. The summed E-state index contributed by atoms with van der Waals surface area (Å²) in [5.41, 5.74) is 1.23. The van der Waals surface area contributed by atoms with E-state index in [2.05, 4.69) is 26.5 Å². The lowest BCUT2D eigenvalue weighted by atomic mass is 10.1. The molecule has 1 fully saturated rings. The normalized spacial score (nSPS) is 15.5. The fourth-order valence-corrected chi connectivity index (χ4v) is 2.79. The molecule has 0 atom stereocenters. The molecule has 1 aromatic rings. The van der Waals surface area contributed by atoms with Crippen molar-refractivity contribution >= 4 is 17.8 Å². The molecule has 0 spiro atoms. The van der Waals surface area contributed by atoms with Crippen LogP contribution in [0.2, 0.25) is 0 Å². The summed E-state index contributed by atoms with van der Waals surface area (Å²) in [4.78, 5) is 39.6. The molecule has 0 saturated carbocycles. The summed E-state index contributed by atoms with van der Waals surface area (Å²) in [6.07, 6.45) is 0.829. The van der Waals surface area contributed by atoms with Crippen LogP contribution in [0.4, 0.5) is 0 Å². The Labute approximate surface area is 153 Å². The Morgan fingerprint density at radius 3 is 2.23 bits per heavy atom. The van der Waals surface area contributed by atoms with Crippen LogP contribution in [0.15, 0.2) is 42.0 Å². The van der Waals surface area contributed by atoms with Crippen molar-refractivity contribution in [1.29, 1.82) is 0 Å². The highest BCUT2D eigenvalue weighted by atomic mass is 16.5. The first kappa shape index (κ1) is 19.7. The van der Waals surface area contributed by atoms with Crippen molar-refractivity contribution in [3.05, 3.63) is 47.5 Å². The maximum absolute atomic E-state index is 12.5. The molecule has 0 radical (unpaired) electrons. The quantitative estimate of drug-likeness (QED) is 0.556. The molecular weight excluding hydrogens is 336 g/mol. The van der Waals surface area contributed by atoms with E-state index in [0.717, 1.165) is 25.7 Å². The summed E-state index contributed by atoms with van der Waals surface area (Å²) in [6, 6.07) is 10.2. The van der Waals surface area contributed by atoms with Gasteiger partial charge in [0, 0.05) is 38.8 Å². The lowest BCUT2D eigenvalue weighted by molar-refractivity contribution is -0.140. The molecule has 7 nitrogen and oxygen atoms in total. The zero-order chi connectivity index (χ0) is 18.9. The maximum atomic E-state index is 12.5. The van der Waals surface area contributed by atoms with E-state index in [1.54, 1.807) is 4.90 Å². The van der Waals surface area contributed by atoms with Crippen molar-refractivity contribution in [2.45, 2.75) is 13.0 Å². The number of rotatable bonds is 6. The number of esters is 2. The van der Waals surface area contributed by atoms with Crippen LogP contribution in [0.1, 0.15) is 12.0 Å². The third-order valence-corrected chi connectivity index (χ3v) is 4.26. The van der Waals surface area contributed by atoms with Gasteiger partial charge in [0.05, 0.1) is 26.2 Å². The van der Waals surface area contributed by atoms with Crippen LogP contribution < -0.4 is 0 Å². The van der Waals surface area contributed by atoms with Crippen molar-refractivity contribution < 1.29 is 23.9 Å². The molecule has 1 aromatic carbocycles. The SMILES string of the molecule is COC(=O)/C=C(\CC(=O)N1CCN(Cc2ccccc2)CC1)C(=O)OC. The average molecular weight is 360 g/mol. The summed E-state index contributed by atoms with van der Waals surface area (Å²) in [5, 5.41) is 0. The number of carbonyl (C=O) groups excluding carboxylic acids is 3. The van der Waals surface area contributed by atoms with Crippen LogP contribution in [0, 0.1) is 0 Å². The highest BCUT2D eigenvalue weighted by Gasteiger charge is 2.24. The molecule has 1 heterocycles. The average Bonchev–Trinajstić information content (AvgIpc) is 2.68. The zero-order valence-electron chi connectivity index (χ0n) is 15.1. The first-order valence-corrected chi connectivity index (χ1v) is 8.44. The zero-order valence-corrected chi connectivity index (χ0v) is 15.1. The Morgan fingerprint density at radius 1 is 1.00 bits per heavy atom. The molecule has 0 bridgehead atoms. The van der Waals surface area contributed by atoms with Crippen molar-refractivity contribution in [3.8, 4) is 0 Å². The van der Waals surface area contributed by atoms with Crippen LogP contribution in [0.3, 0.4) is 0 Å². The van der Waals surface area contributed by atoms with Gasteiger partial charge in [0.25, 0.3) is 0 Å². The summed E-state index contributed by atoms with van der Waals surface area (Å²) in [6.45, 7) is 3.53. The van der Waals surface area contributed by atoms with Gasteiger partial charge in [-0.15, -0.1) is 0 Å². The van der Waals surface area contributed by atoms with Gasteiger partial charge in [-0.05, 0) is 5.56 Å². The molecule has 1 aliphatic rings. The Hall–Kier alpha value is -2.67. The van der Waals surface area contributed by atoms with Gasteiger partial charge in [0.15, 0.2) is 0 Å². The van der Waals surface area contributed by atoms with Gasteiger partial charge in [0.1, 0.15) is 0 Å². The minimum atomic E-state index is -0.702. The van der Waals surface area contributed by atoms with E-state index < -0.39 is 11.9 Å². The van der Waals surface area contributed by atoms with Gasteiger partial charge >= 0.3 is 11.9 Å². The number of hydrogen-bond donors (Lipinski definition) is 0. The molecule has 140 valence electrons. The van der Waals surface area contributed by atoms with E-state index in [-0.39, 0.29) is 17.9 Å². The lowest BCUT2D eigenvalue weighted by Gasteiger charge is -2.34. The van der Waals surface area contributed by atoms with Gasteiger partial charge < -0.3 is 14.4 Å². The molecule has 1 saturated heterocycles. The molecule has 0 aliphatic carbocycles. The molecule has 0 N–H and O–H groups in total. The van der Waals surface area contributed by atoms with Crippen LogP contribution in [0.25, 0.3) is 0 Å². The smallest absolute Gasteiger partial charge is 0.334 e. The first-order valence-electron chi connectivity index (χ1n) is 8.44. The number of piperazine rings is 1. The number of ether oxygens (including phenoxy) is 2. The van der Waals surface area contributed by atoms with E-state index >= 15 is 0 Å². The van der Waals surface area contributed by atoms with Gasteiger partial charge in [-0.1, -0.05) is 30.3 Å². The van der Waals surface area contributed by atoms with Gasteiger partial charge in [0.2, 0.25) is 5.91 Å². The monoisotopic (exact) mass is 360 g/mol. The summed E-state index contributed by atoms with van der Waals surface area (Å²) in [5.74, 6) is -1.60. The third-order valence-electron chi connectivity index (χ3n) is 4.26. The molecule has 26 heavy (non-hydrogen) atoms. The third kappa shape index (κ3) is 5.70. The number of nitrogens with zero attached hydrogens (tertiary/aromatic N) is 2. The van der Waals surface area contributed by atoms with Gasteiger partial charge in [-0.2, -0.15) is 0 Å². The summed E-state index contributed by atoms with van der Waals surface area (Å²) >= 11 is 0. The summed E-state index contributed by atoms with van der Waals surface area (Å²) < 4.78 is 9.15. The van der Waals surface area contributed by atoms with Crippen LogP contribution >= 0.6 is 0 Å². The number of methoxy groups -OCH3 is 2. The fraction of sp³-hybridized carbons (Fsp3) is 0.421. The second-order valence-electron chi connectivity index (χ2n) is 6.00. The largest absolute Gasteiger partial charge is 0.466 e. The predicted octanol–water partition coefficient (Wildman–Crippen LogP) is 0.993. The molecule has 7 heteroatoms. The highest BCUT2D eigenvalue weighted by Crippen LogP contribution is 2.12. The Bertz CT molecular complexity index is 664. The topological polar surface area (TPSA) is 76.2 Å². The van der Waals surface area contributed by atoms with Crippen molar-refractivity contribution in [1.82, 2.24) is 9.80 Å².